The topological polar surface area (TPSA) is 108 Å². The molecule has 2 aliphatic heterocycles. The fourth-order valence-corrected chi connectivity index (χ4v) is 3.80. The number of nitrogens with two attached hydrogens (primary N) is 1. The molecule has 0 saturated carbocycles. The molecule has 1 fully saturated rings. The maximum Gasteiger partial charge on any atom is 0.219 e. The number of carbonyl (C=O) groups is 1. The van der Waals surface area contributed by atoms with Gasteiger partial charge in [-0.3, -0.25) is 4.79 Å². The molecule has 10 heteroatoms. The minimum absolute atomic E-state index is 0.00738. The van der Waals surface area contributed by atoms with Gasteiger partial charge in [-0.05, 0) is 25.5 Å². The van der Waals surface area contributed by atoms with Crippen molar-refractivity contribution in [1.82, 2.24) is 15.3 Å². The maximum absolute atomic E-state index is 11.4. The zero-order valence-corrected chi connectivity index (χ0v) is 17.0. The number of nitrogens with one attached hydrogen (secondary N) is 2. The van der Waals surface area contributed by atoms with Gasteiger partial charge in [0.1, 0.15) is 11.5 Å². The van der Waals surface area contributed by atoms with E-state index >= 15 is 0 Å². The summed E-state index contributed by atoms with van der Waals surface area (Å²) in [5, 5.41) is 4.96. The first kappa shape index (κ1) is 19.1. The van der Waals surface area contributed by atoms with E-state index in [1.165, 1.54) is 0 Å². The Morgan fingerprint density at radius 2 is 2.00 bits per heavy atom. The van der Waals surface area contributed by atoms with Gasteiger partial charge in [0.2, 0.25) is 11.7 Å². The van der Waals surface area contributed by atoms with Crippen LogP contribution in [0.2, 0.25) is 0 Å². The summed E-state index contributed by atoms with van der Waals surface area (Å²) in [5.41, 5.74) is 6.94. The minimum atomic E-state index is -0.00738. The Balaban J connectivity index is 1.65. The van der Waals surface area contributed by atoms with Crippen molar-refractivity contribution in [2.24, 2.45) is 0 Å². The van der Waals surface area contributed by atoms with E-state index in [0.29, 0.717) is 17.3 Å². The van der Waals surface area contributed by atoms with E-state index in [-0.39, 0.29) is 11.9 Å². The Kier molecular flexibility index (Phi) is 5.01. The number of methoxy groups -OCH3 is 2. The molecule has 2 aromatic rings. The van der Waals surface area contributed by atoms with Crippen molar-refractivity contribution in [3.05, 3.63) is 24.0 Å². The van der Waals surface area contributed by atoms with Crippen LogP contribution in [-0.4, -0.2) is 49.2 Å². The molecule has 0 aliphatic carbocycles. The summed E-state index contributed by atoms with van der Waals surface area (Å²) in [6, 6.07) is 5.86. The first-order valence-corrected chi connectivity index (χ1v) is 9.52. The van der Waals surface area contributed by atoms with Crippen molar-refractivity contribution in [1.29, 1.82) is 0 Å². The molecule has 0 bridgehead atoms. The fraction of sp³-hybridized carbons (Fsp3) is 0.421. The van der Waals surface area contributed by atoms with E-state index in [1.807, 2.05) is 35.7 Å². The highest BCUT2D eigenvalue weighted by atomic mass is 16.5. The van der Waals surface area contributed by atoms with Crippen LogP contribution in [0, 0.1) is 6.92 Å². The van der Waals surface area contributed by atoms with Gasteiger partial charge in [-0.25, -0.2) is 15.4 Å². The van der Waals surface area contributed by atoms with Crippen LogP contribution in [0.3, 0.4) is 0 Å². The molecular formula is C19H26N7O3+. The Hall–Kier alpha value is -3.27. The SMILES string of the molecule is COc1ccc(N2[NH2+]Nc3c(N4CCC(NC(C)=O)C4)nc(C)nc32)cc1OC. The summed E-state index contributed by atoms with van der Waals surface area (Å²) in [5.74, 6) is 3.62. The number of aryl methyl sites for hydroxylation is 1. The second-order valence-electron chi connectivity index (χ2n) is 7.11. The molecule has 1 aromatic carbocycles. The van der Waals surface area contributed by atoms with Crippen molar-refractivity contribution in [3.63, 3.8) is 0 Å². The fourth-order valence-electron chi connectivity index (χ4n) is 3.80. The van der Waals surface area contributed by atoms with Crippen molar-refractivity contribution >= 4 is 28.9 Å². The molecular weight excluding hydrogens is 374 g/mol. The molecule has 154 valence electrons. The molecule has 4 N–H and O–H groups in total. The highest BCUT2D eigenvalue weighted by Crippen LogP contribution is 2.39. The molecule has 1 amide bonds. The molecule has 1 atom stereocenters. The first-order chi connectivity index (χ1) is 14.0. The number of hydrogen-bond donors (Lipinski definition) is 3. The van der Waals surface area contributed by atoms with Gasteiger partial charge in [-0.15, -0.1) is 10.5 Å². The van der Waals surface area contributed by atoms with Crippen LogP contribution in [0.15, 0.2) is 18.2 Å². The lowest BCUT2D eigenvalue weighted by molar-refractivity contribution is -0.622. The van der Waals surface area contributed by atoms with Crippen LogP contribution in [-0.2, 0) is 4.79 Å². The van der Waals surface area contributed by atoms with Crippen LogP contribution < -0.4 is 35.7 Å². The van der Waals surface area contributed by atoms with Crippen molar-refractivity contribution in [2.75, 3.05) is 42.6 Å². The lowest BCUT2D eigenvalue weighted by atomic mass is 10.2. The number of fused-ring (bicyclic) bond motifs is 1. The number of carbonyl (C=O) groups excluding carboxylic acids is 1. The second kappa shape index (κ2) is 7.63. The summed E-state index contributed by atoms with van der Waals surface area (Å²) in [6.07, 6.45) is 0.889. The first-order valence-electron chi connectivity index (χ1n) is 9.52. The third-order valence-electron chi connectivity index (χ3n) is 5.09. The number of amides is 1. The molecule has 2 aliphatic rings. The number of ether oxygens (including phenoxy) is 2. The van der Waals surface area contributed by atoms with E-state index in [1.54, 1.807) is 21.1 Å². The third kappa shape index (κ3) is 3.58. The predicted octanol–water partition coefficient (Wildman–Crippen LogP) is 0.474. The summed E-state index contributed by atoms with van der Waals surface area (Å²) < 4.78 is 10.8. The smallest absolute Gasteiger partial charge is 0.219 e. The third-order valence-corrected chi connectivity index (χ3v) is 5.09. The number of hydrogen-bond acceptors (Lipinski definition) is 8. The van der Waals surface area contributed by atoms with Gasteiger partial charge in [0.25, 0.3) is 0 Å². The Morgan fingerprint density at radius 3 is 2.72 bits per heavy atom. The van der Waals surface area contributed by atoms with Gasteiger partial charge in [-0.2, -0.15) is 0 Å². The number of nitrogens with zero attached hydrogens (tertiary/aromatic N) is 4. The molecule has 3 heterocycles. The molecule has 4 rings (SSSR count). The number of aromatic nitrogens is 2. The van der Waals surface area contributed by atoms with E-state index in [2.05, 4.69) is 25.6 Å². The number of benzene rings is 1. The summed E-state index contributed by atoms with van der Waals surface area (Å²) >= 11 is 0. The summed E-state index contributed by atoms with van der Waals surface area (Å²) in [6.45, 7) is 4.98. The van der Waals surface area contributed by atoms with E-state index in [9.17, 15) is 4.79 Å². The maximum atomic E-state index is 11.4. The number of anilines is 4. The summed E-state index contributed by atoms with van der Waals surface area (Å²) in [4.78, 5) is 22.9. The average Bonchev–Trinajstić information content (AvgIpc) is 3.33. The molecule has 0 radical (unpaired) electrons. The van der Waals surface area contributed by atoms with Gasteiger partial charge < -0.3 is 19.7 Å². The van der Waals surface area contributed by atoms with Crippen LogP contribution in [0.1, 0.15) is 19.2 Å². The van der Waals surface area contributed by atoms with Crippen LogP contribution in [0.5, 0.6) is 11.5 Å². The monoisotopic (exact) mass is 400 g/mol. The van der Waals surface area contributed by atoms with E-state index in [0.717, 1.165) is 42.5 Å². The van der Waals surface area contributed by atoms with Crippen molar-refractivity contribution in [2.45, 2.75) is 26.3 Å². The average molecular weight is 400 g/mol. The van der Waals surface area contributed by atoms with Gasteiger partial charge in [0.05, 0.1) is 14.2 Å². The van der Waals surface area contributed by atoms with E-state index < -0.39 is 0 Å². The number of nitrogen functional groups attached to an aromatic ring is 1. The molecule has 1 saturated heterocycles. The minimum Gasteiger partial charge on any atom is -0.493 e. The second-order valence-corrected chi connectivity index (χ2v) is 7.11. The largest absolute Gasteiger partial charge is 0.493 e. The van der Waals surface area contributed by atoms with Gasteiger partial charge in [0, 0.05) is 32.1 Å². The number of quaternary nitrogens is 1. The predicted molar refractivity (Wildman–Crippen MR) is 108 cm³/mol. The van der Waals surface area contributed by atoms with Crippen molar-refractivity contribution in [3.8, 4) is 11.5 Å². The normalized spacial score (nSPS) is 17.7. The lowest BCUT2D eigenvalue weighted by Gasteiger charge is -2.20. The van der Waals surface area contributed by atoms with Crippen LogP contribution in [0.4, 0.5) is 23.0 Å². The van der Waals surface area contributed by atoms with E-state index in [4.69, 9.17) is 9.47 Å². The van der Waals surface area contributed by atoms with Gasteiger partial charge in [0.15, 0.2) is 23.0 Å². The highest BCUT2D eigenvalue weighted by Gasteiger charge is 2.34. The molecule has 29 heavy (non-hydrogen) atoms. The van der Waals surface area contributed by atoms with Crippen LogP contribution in [0.25, 0.3) is 0 Å². The van der Waals surface area contributed by atoms with Crippen molar-refractivity contribution < 1.29 is 19.8 Å². The zero-order chi connectivity index (χ0) is 20.5. The Bertz CT molecular complexity index is 936. The molecule has 1 aromatic heterocycles. The highest BCUT2D eigenvalue weighted by molar-refractivity contribution is 5.82. The molecule has 1 unspecified atom stereocenters. The van der Waals surface area contributed by atoms with Crippen LogP contribution >= 0.6 is 0 Å². The quantitative estimate of drug-likeness (QED) is 0.622. The Morgan fingerprint density at radius 1 is 1.24 bits per heavy atom. The lowest BCUT2D eigenvalue weighted by Crippen LogP contribution is -2.94. The zero-order valence-electron chi connectivity index (χ0n) is 17.0. The Labute approximate surface area is 169 Å². The molecule has 10 nitrogen and oxygen atoms in total. The molecule has 0 spiro atoms. The standard InChI is InChI=1S/C19H25N7O3/c1-11-20-18(25-8-7-13(10-25)22-12(2)27)17-19(21-11)26(24-23-17)14-5-6-15(28-3)16(9-14)29-4/h5-6,9,13,23-24H,7-8,10H2,1-4H3,(H,22,27)/p+1. The van der Waals surface area contributed by atoms with Gasteiger partial charge in [-0.1, -0.05) is 0 Å². The summed E-state index contributed by atoms with van der Waals surface area (Å²) in [7, 11) is 3.23. The number of rotatable bonds is 5. The van der Waals surface area contributed by atoms with Gasteiger partial charge >= 0.3 is 0 Å².